The van der Waals surface area contributed by atoms with E-state index in [0.717, 1.165) is 38.5 Å². The second-order valence-electron chi connectivity index (χ2n) is 5.35. The number of hydrogen-bond acceptors (Lipinski definition) is 2. The van der Waals surface area contributed by atoms with Gasteiger partial charge in [-0.05, 0) is 37.5 Å². The van der Waals surface area contributed by atoms with Gasteiger partial charge in [-0.15, -0.1) is 0 Å². The quantitative estimate of drug-likeness (QED) is 0.750. The number of aliphatic hydroxyl groups is 1. The van der Waals surface area contributed by atoms with Gasteiger partial charge >= 0.3 is 0 Å². The zero-order valence-electron chi connectivity index (χ0n) is 11.2. The fourth-order valence-corrected chi connectivity index (χ4v) is 2.62. The SMILES string of the molecule is CCC(CC)CC(=O)NC1CCC(CO)CC1. The summed E-state index contributed by atoms with van der Waals surface area (Å²) in [7, 11) is 0. The van der Waals surface area contributed by atoms with Crippen LogP contribution in [0.15, 0.2) is 0 Å². The molecule has 1 aliphatic rings. The summed E-state index contributed by atoms with van der Waals surface area (Å²) in [4.78, 5) is 11.8. The first kappa shape index (κ1) is 14.5. The van der Waals surface area contributed by atoms with Crippen LogP contribution in [0.4, 0.5) is 0 Å². The van der Waals surface area contributed by atoms with Crippen LogP contribution < -0.4 is 5.32 Å². The molecule has 2 N–H and O–H groups in total. The predicted molar refractivity (Wildman–Crippen MR) is 69.7 cm³/mol. The third-order valence-corrected chi connectivity index (χ3v) is 4.10. The van der Waals surface area contributed by atoms with Crippen molar-refractivity contribution in [2.75, 3.05) is 6.61 Å². The smallest absolute Gasteiger partial charge is 0.220 e. The average Bonchev–Trinajstić information content (AvgIpc) is 2.37. The molecule has 0 saturated heterocycles. The molecule has 17 heavy (non-hydrogen) atoms. The Labute approximate surface area is 105 Å². The number of amides is 1. The zero-order chi connectivity index (χ0) is 12.7. The van der Waals surface area contributed by atoms with Crippen LogP contribution in [0.5, 0.6) is 0 Å². The maximum atomic E-state index is 11.8. The van der Waals surface area contributed by atoms with Crippen LogP contribution in [0, 0.1) is 11.8 Å². The lowest BCUT2D eigenvalue weighted by Crippen LogP contribution is -2.38. The van der Waals surface area contributed by atoms with Gasteiger partial charge in [0.25, 0.3) is 0 Å². The van der Waals surface area contributed by atoms with Gasteiger partial charge < -0.3 is 10.4 Å². The molecular weight excluding hydrogens is 214 g/mol. The maximum absolute atomic E-state index is 11.8. The zero-order valence-corrected chi connectivity index (χ0v) is 11.2. The van der Waals surface area contributed by atoms with Gasteiger partial charge in [-0.3, -0.25) is 4.79 Å². The van der Waals surface area contributed by atoms with E-state index >= 15 is 0 Å². The number of aliphatic hydroxyl groups excluding tert-OH is 1. The monoisotopic (exact) mass is 241 g/mol. The van der Waals surface area contributed by atoms with Gasteiger partial charge in [0.15, 0.2) is 0 Å². The summed E-state index contributed by atoms with van der Waals surface area (Å²) in [5.41, 5.74) is 0. The molecule has 1 amide bonds. The predicted octanol–water partition coefficient (Wildman–Crippen LogP) is 2.48. The van der Waals surface area contributed by atoms with Gasteiger partial charge in [0.2, 0.25) is 5.91 Å². The lowest BCUT2D eigenvalue weighted by Gasteiger charge is -2.28. The Bertz CT molecular complexity index is 218. The Balaban J connectivity index is 2.23. The van der Waals surface area contributed by atoms with Gasteiger partial charge in [-0.25, -0.2) is 0 Å². The van der Waals surface area contributed by atoms with Crippen LogP contribution >= 0.6 is 0 Å². The number of rotatable bonds is 6. The Morgan fingerprint density at radius 3 is 2.29 bits per heavy atom. The second kappa shape index (κ2) is 7.70. The van der Waals surface area contributed by atoms with Crippen molar-refractivity contribution in [1.29, 1.82) is 0 Å². The topological polar surface area (TPSA) is 49.3 Å². The van der Waals surface area contributed by atoms with Crippen LogP contribution in [0.2, 0.25) is 0 Å². The highest BCUT2D eigenvalue weighted by Crippen LogP contribution is 2.24. The van der Waals surface area contributed by atoms with E-state index in [1.807, 2.05) is 0 Å². The molecule has 0 aromatic carbocycles. The summed E-state index contributed by atoms with van der Waals surface area (Å²) >= 11 is 0. The van der Waals surface area contributed by atoms with Crippen LogP contribution in [-0.4, -0.2) is 23.7 Å². The van der Waals surface area contributed by atoms with Crippen LogP contribution in [0.3, 0.4) is 0 Å². The number of carbonyl (C=O) groups is 1. The summed E-state index contributed by atoms with van der Waals surface area (Å²) in [6.07, 6.45) is 6.99. The fourth-order valence-electron chi connectivity index (χ4n) is 2.62. The summed E-state index contributed by atoms with van der Waals surface area (Å²) in [6.45, 7) is 4.59. The minimum absolute atomic E-state index is 0.214. The average molecular weight is 241 g/mol. The Hall–Kier alpha value is -0.570. The van der Waals surface area contributed by atoms with Gasteiger partial charge in [0, 0.05) is 19.1 Å². The highest BCUT2D eigenvalue weighted by molar-refractivity contribution is 5.76. The van der Waals surface area contributed by atoms with Crippen molar-refractivity contribution >= 4 is 5.91 Å². The fraction of sp³-hybridized carbons (Fsp3) is 0.929. The van der Waals surface area contributed by atoms with Gasteiger partial charge in [0.05, 0.1) is 0 Å². The molecule has 0 aromatic rings. The highest BCUT2D eigenvalue weighted by atomic mass is 16.3. The highest BCUT2D eigenvalue weighted by Gasteiger charge is 2.22. The van der Waals surface area contributed by atoms with Crippen molar-refractivity contribution in [1.82, 2.24) is 5.32 Å². The first-order valence-corrected chi connectivity index (χ1v) is 7.09. The number of carbonyl (C=O) groups excluding carboxylic acids is 1. The third-order valence-electron chi connectivity index (χ3n) is 4.10. The van der Waals surface area contributed by atoms with Crippen molar-refractivity contribution in [3.05, 3.63) is 0 Å². The van der Waals surface area contributed by atoms with Crippen molar-refractivity contribution < 1.29 is 9.90 Å². The molecule has 1 rings (SSSR count). The van der Waals surface area contributed by atoms with E-state index < -0.39 is 0 Å². The van der Waals surface area contributed by atoms with Crippen LogP contribution in [0.25, 0.3) is 0 Å². The molecule has 0 aliphatic heterocycles. The Morgan fingerprint density at radius 2 is 1.82 bits per heavy atom. The van der Waals surface area contributed by atoms with Gasteiger partial charge in [-0.2, -0.15) is 0 Å². The van der Waals surface area contributed by atoms with E-state index in [9.17, 15) is 4.79 Å². The molecule has 0 bridgehead atoms. The van der Waals surface area contributed by atoms with E-state index in [0.29, 0.717) is 30.9 Å². The minimum Gasteiger partial charge on any atom is -0.396 e. The van der Waals surface area contributed by atoms with Gasteiger partial charge in [-0.1, -0.05) is 26.7 Å². The lowest BCUT2D eigenvalue weighted by molar-refractivity contribution is -0.123. The molecule has 1 aliphatic carbocycles. The first-order chi connectivity index (χ1) is 8.19. The number of nitrogens with one attached hydrogen (secondary N) is 1. The van der Waals surface area contributed by atoms with E-state index in [1.165, 1.54) is 0 Å². The largest absolute Gasteiger partial charge is 0.396 e. The summed E-state index contributed by atoms with van der Waals surface area (Å²) in [6, 6.07) is 0.347. The molecule has 3 nitrogen and oxygen atoms in total. The molecule has 0 atom stereocenters. The Kier molecular flexibility index (Phi) is 6.56. The maximum Gasteiger partial charge on any atom is 0.220 e. The van der Waals surface area contributed by atoms with E-state index in [2.05, 4.69) is 19.2 Å². The van der Waals surface area contributed by atoms with Crippen molar-refractivity contribution in [2.45, 2.75) is 64.8 Å². The Morgan fingerprint density at radius 1 is 1.24 bits per heavy atom. The first-order valence-electron chi connectivity index (χ1n) is 7.09. The third kappa shape index (κ3) is 5.07. The summed E-state index contributed by atoms with van der Waals surface area (Å²) < 4.78 is 0. The molecule has 0 radical (unpaired) electrons. The molecule has 1 fully saturated rings. The summed E-state index contributed by atoms with van der Waals surface area (Å²) in [5, 5.41) is 12.2. The van der Waals surface area contributed by atoms with E-state index in [-0.39, 0.29) is 5.91 Å². The molecule has 0 unspecified atom stereocenters. The standard InChI is InChI=1S/C14H27NO2/c1-3-11(4-2)9-14(17)15-13-7-5-12(10-16)6-8-13/h11-13,16H,3-10H2,1-2H3,(H,15,17). The van der Waals surface area contributed by atoms with Crippen LogP contribution in [-0.2, 0) is 4.79 Å². The minimum atomic E-state index is 0.214. The molecule has 1 saturated carbocycles. The molecule has 100 valence electrons. The molecule has 0 heterocycles. The van der Waals surface area contributed by atoms with Crippen molar-refractivity contribution in [3.63, 3.8) is 0 Å². The molecule has 3 heteroatoms. The van der Waals surface area contributed by atoms with E-state index in [1.54, 1.807) is 0 Å². The van der Waals surface area contributed by atoms with Crippen LogP contribution in [0.1, 0.15) is 58.8 Å². The van der Waals surface area contributed by atoms with E-state index in [4.69, 9.17) is 5.11 Å². The second-order valence-corrected chi connectivity index (χ2v) is 5.35. The van der Waals surface area contributed by atoms with Gasteiger partial charge in [0.1, 0.15) is 0 Å². The summed E-state index contributed by atoms with van der Waals surface area (Å²) in [5.74, 6) is 1.21. The molecule has 0 aromatic heterocycles. The molecular formula is C14H27NO2. The normalized spacial score (nSPS) is 24.9. The van der Waals surface area contributed by atoms with Crippen molar-refractivity contribution in [2.24, 2.45) is 11.8 Å². The molecule has 0 spiro atoms. The lowest BCUT2D eigenvalue weighted by atomic mass is 9.86. The van der Waals surface area contributed by atoms with Crippen molar-refractivity contribution in [3.8, 4) is 0 Å². The number of hydrogen-bond donors (Lipinski definition) is 2.